The normalized spacial score (nSPS) is 10.8. The molecule has 0 unspecified atom stereocenters. The number of carbonyl (C=O) groups excluding carboxylic acids is 1. The lowest BCUT2D eigenvalue weighted by molar-refractivity contribution is 0.0506. The topological polar surface area (TPSA) is 70.8 Å². The van der Waals surface area contributed by atoms with Crippen LogP contribution in [0.15, 0.2) is 36.5 Å². The molecule has 0 atom stereocenters. The molecule has 0 spiro atoms. The van der Waals surface area contributed by atoms with Crippen molar-refractivity contribution < 1.29 is 9.53 Å². The van der Waals surface area contributed by atoms with E-state index in [0.29, 0.717) is 17.9 Å². The van der Waals surface area contributed by atoms with Gasteiger partial charge in [-0.2, -0.15) is 5.10 Å². The highest BCUT2D eigenvalue weighted by Gasteiger charge is 2.17. The van der Waals surface area contributed by atoms with Crippen molar-refractivity contribution in [3.8, 4) is 11.4 Å². The third-order valence-electron chi connectivity index (χ3n) is 3.10. The Kier molecular flexibility index (Phi) is 3.25. The van der Waals surface area contributed by atoms with E-state index in [2.05, 4.69) is 15.2 Å². The lowest BCUT2D eigenvalue weighted by atomic mass is 10.2. The number of esters is 1. The van der Waals surface area contributed by atoms with Crippen LogP contribution in [0.25, 0.3) is 22.3 Å². The van der Waals surface area contributed by atoms with Gasteiger partial charge in [-0.25, -0.2) is 4.79 Å². The van der Waals surface area contributed by atoms with Gasteiger partial charge in [0.2, 0.25) is 0 Å². The van der Waals surface area contributed by atoms with Crippen molar-refractivity contribution in [2.45, 2.75) is 13.3 Å². The fraction of sp³-hybridized carbons (Fsp3) is 0.200. The summed E-state index contributed by atoms with van der Waals surface area (Å²) >= 11 is 0. The van der Waals surface area contributed by atoms with Crippen LogP contribution in [0.5, 0.6) is 0 Å². The van der Waals surface area contributed by atoms with E-state index in [1.807, 2.05) is 37.3 Å². The summed E-state index contributed by atoms with van der Waals surface area (Å²) in [7, 11) is 0. The molecule has 0 aliphatic rings. The van der Waals surface area contributed by atoms with Gasteiger partial charge >= 0.3 is 5.97 Å². The van der Waals surface area contributed by atoms with Gasteiger partial charge in [-0.3, -0.25) is 5.10 Å². The minimum atomic E-state index is -0.353. The predicted octanol–water partition coefficient (Wildman–Crippen LogP) is 3.12. The Bertz CT molecular complexity index is 709. The SMILES string of the molecule is CCCOC(=O)c1cn[nH]c1-c1cc2ccccc2[nH]1. The maximum absolute atomic E-state index is 12.0. The first-order valence-electron chi connectivity index (χ1n) is 6.58. The lowest BCUT2D eigenvalue weighted by Crippen LogP contribution is -2.06. The highest BCUT2D eigenvalue weighted by Crippen LogP contribution is 2.25. The predicted molar refractivity (Wildman–Crippen MR) is 76.5 cm³/mol. The second-order valence-electron chi connectivity index (χ2n) is 4.56. The summed E-state index contributed by atoms with van der Waals surface area (Å²) in [5, 5.41) is 7.90. The lowest BCUT2D eigenvalue weighted by Gasteiger charge is -2.02. The number of hydrogen-bond acceptors (Lipinski definition) is 3. The molecule has 102 valence electrons. The number of rotatable bonds is 4. The maximum atomic E-state index is 12.0. The summed E-state index contributed by atoms with van der Waals surface area (Å²) in [6, 6.07) is 9.93. The molecule has 20 heavy (non-hydrogen) atoms. The van der Waals surface area contributed by atoms with Gasteiger partial charge in [-0.1, -0.05) is 25.1 Å². The highest BCUT2D eigenvalue weighted by molar-refractivity contribution is 5.97. The molecule has 5 heteroatoms. The Balaban J connectivity index is 1.98. The van der Waals surface area contributed by atoms with Crippen LogP contribution in [-0.2, 0) is 4.74 Å². The molecule has 3 aromatic rings. The molecule has 0 aliphatic heterocycles. The molecule has 0 saturated heterocycles. The minimum absolute atomic E-state index is 0.353. The zero-order chi connectivity index (χ0) is 13.9. The summed E-state index contributed by atoms with van der Waals surface area (Å²) in [4.78, 5) is 15.2. The van der Waals surface area contributed by atoms with Gasteiger partial charge in [0.1, 0.15) is 5.56 Å². The first kappa shape index (κ1) is 12.5. The number of benzene rings is 1. The number of carbonyl (C=O) groups is 1. The van der Waals surface area contributed by atoms with Crippen molar-refractivity contribution >= 4 is 16.9 Å². The highest BCUT2D eigenvalue weighted by atomic mass is 16.5. The number of aromatic amines is 2. The molecule has 0 aliphatic carbocycles. The van der Waals surface area contributed by atoms with Crippen LogP contribution in [0.4, 0.5) is 0 Å². The van der Waals surface area contributed by atoms with Crippen molar-refractivity contribution in [1.82, 2.24) is 15.2 Å². The molecule has 2 aromatic heterocycles. The minimum Gasteiger partial charge on any atom is -0.462 e. The molecule has 0 radical (unpaired) electrons. The van der Waals surface area contributed by atoms with Crippen LogP contribution in [0, 0.1) is 0 Å². The van der Waals surface area contributed by atoms with Gasteiger partial charge in [0.05, 0.1) is 24.2 Å². The van der Waals surface area contributed by atoms with Gasteiger partial charge in [0.15, 0.2) is 0 Å². The van der Waals surface area contributed by atoms with Crippen molar-refractivity contribution in [2.24, 2.45) is 0 Å². The Labute approximate surface area is 116 Å². The van der Waals surface area contributed by atoms with Gasteiger partial charge in [-0.15, -0.1) is 0 Å². The van der Waals surface area contributed by atoms with Crippen LogP contribution >= 0.6 is 0 Å². The summed E-state index contributed by atoms with van der Waals surface area (Å²) in [5.41, 5.74) is 2.95. The van der Waals surface area contributed by atoms with Crippen LogP contribution in [0.3, 0.4) is 0 Å². The first-order chi connectivity index (χ1) is 9.79. The summed E-state index contributed by atoms with van der Waals surface area (Å²) in [6.45, 7) is 2.37. The average molecular weight is 269 g/mol. The fourth-order valence-corrected chi connectivity index (χ4v) is 2.13. The van der Waals surface area contributed by atoms with E-state index in [0.717, 1.165) is 23.0 Å². The van der Waals surface area contributed by atoms with E-state index in [9.17, 15) is 4.79 Å². The number of hydrogen-bond donors (Lipinski definition) is 2. The largest absolute Gasteiger partial charge is 0.462 e. The monoisotopic (exact) mass is 269 g/mol. The number of fused-ring (bicyclic) bond motifs is 1. The van der Waals surface area contributed by atoms with Crippen LogP contribution in [-0.4, -0.2) is 27.8 Å². The number of ether oxygens (including phenoxy) is 1. The first-order valence-corrected chi connectivity index (χ1v) is 6.58. The Morgan fingerprint density at radius 3 is 3.00 bits per heavy atom. The van der Waals surface area contributed by atoms with E-state index in [1.165, 1.54) is 6.20 Å². The van der Waals surface area contributed by atoms with Crippen molar-refractivity contribution in [2.75, 3.05) is 6.61 Å². The van der Waals surface area contributed by atoms with E-state index in [4.69, 9.17) is 4.74 Å². The number of H-pyrrole nitrogens is 2. The maximum Gasteiger partial charge on any atom is 0.342 e. The number of nitrogens with zero attached hydrogens (tertiary/aromatic N) is 1. The molecule has 0 saturated carbocycles. The van der Waals surface area contributed by atoms with E-state index in [1.54, 1.807) is 0 Å². The van der Waals surface area contributed by atoms with Crippen LogP contribution in [0.2, 0.25) is 0 Å². The van der Waals surface area contributed by atoms with Crippen molar-refractivity contribution in [3.63, 3.8) is 0 Å². The number of para-hydroxylation sites is 1. The van der Waals surface area contributed by atoms with Gasteiger partial charge < -0.3 is 9.72 Å². The van der Waals surface area contributed by atoms with Gasteiger partial charge in [0, 0.05) is 10.9 Å². The van der Waals surface area contributed by atoms with E-state index in [-0.39, 0.29) is 5.97 Å². The Morgan fingerprint density at radius 1 is 1.35 bits per heavy atom. The molecular weight excluding hydrogens is 254 g/mol. The summed E-state index contributed by atoms with van der Waals surface area (Å²) in [6.07, 6.45) is 2.30. The third-order valence-corrected chi connectivity index (χ3v) is 3.10. The van der Waals surface area contributed by atoms with E-state index < -0.39 is 0 Å². The molecule has 1 aromatic carbocycles. The molecular formula is C15H15N3O2. The Morgan fingerprint density at radius 2 is 2.20 bits per heavy atom. The molecule has 0 fully saturated rings. The average Bonchev–Trinajstić information content (AvgIpc) is 3.09. The molecule has 0 bridgehead atoms. The zero-order valence-corrected chi connectivity index (χ0v) is 11.1. The van der Waals surface area contributed by atoms with Crippen molar-refractivity contribution in [1.29, 1.82) is 0 Å². The number of aromatic nitrogens is 3. The molecule has 2 heterocycles. The fourth-order valence-electron chi connectivity index (χ4n) is 2.13. The standard InChI is InChI=1S/C15H15N3O2/c1-2-7-20-15(19)11-9-16-18-14(11)13-8-10-5-3-4-6-12(10)17-13/h3-6,8-9,17H,2,7H2,1H3,(H,16,18). The molecule has 2 N–H and O–H groups in total. The molecule has 3 rings (SSSR count). The van der Waals surface area contributed by atoms with Gasteiger partial charge in [0.25, 0.3) is 0 Å². The van der Waals surface area contributed by atoms with Crippen molar-refractivity contribution in [3.05, 3.63) is 42.1 Å². The smallest absolute Gasteiger partial charge is 0.342 e. The molecule has 0 amide bonds. The molecule has 5 nitrogen and oxygen atoms in total. The second-order valence-corrected chi connectivity index (χ2v) is 4.56. The second kappa shape index (κ2) is 5.21. The van der Waals surface area contributed by atoms with Crippen LogP contribution < -0.4 is 0 Å². The Hall–Kier alpha value is -2.56. The zero-order valence-electron chi connectivity index (χ0n) is 11.1. The number of nitrogens with one attached hydrogen (secondary N) is 2. The van der Waals surface area contributed by atoms with E-state index >= 15 is 0 Å². The van der Waals surface area contributed by atoms with Gasteiger partial charge in [-0.05, 0) is 18.6 Å². The quantitative estimate of drug-likeness (QED) is 0.715. The summed E-state index contributed by atoms with van der Waals surface area (Å²) < 4.78 is 5.16. The van der Waals surface area contributed by atoms with Crippen LogP contribution in [0.1, 0.15) is 23.7 Å². The summed E-state index contributed by atoms with van der Waals surface area (Å²) in [5.74, 6) is -0.353. The third kappa shape index (κ3) is 2.18.